The molecule has 0 amide bonds. The van der Waals surface area contributed by atoms with E-state index < -0.39 is 24.0 Å². The van der Waals surface area contributed by atoms with Crippen molar-refractivity contribution in [1.82, 2.24) is 0 Å². The first-order valence-corrected chi connectivity index (χ1v) is 9.80. The van der Waals surface area contributed by atoms with Crippen molar-refractivity contribution in [3.05, 3.63) is 65.9 Å². The van der Waals surface area contributed by atoms with Crippen LogP contribution in [0.3, 0.4) is 0 Å². The Bertz CT molecular complexity index is 848. The van der Waals surface area contributed by atoms with Gasteiger partial charge in [-0.05, 0) is 51.5 Å². The van der Waals surface area contributed by atoms with Gasteiger partial charge in [0.25, 0.3) is 0 Å². The zero-order chi connectivity index (χ0) is 21.1. The number of para-hydroxylation sites is 2. The number of benzene rings is 2. The third-order valence-electron chi connectivity index (χ3n) is 5.54. The molecule has 0 atom stereocenters. The van der Waals surface area contributed by atoms with Crippen molar-refractivity contribution in [2.45, 2.75) is 45.3 Å². The van der Waals surface area contributed by atoms with Crippen LogP contribution in [0.4, 0.5) is 4.39 Å². The molecule has 6 heteroatoms. The average Bonchev–Trinajstić information content (AvgIpc) is 2.93. The average molecular weight is 398 g/mol. The molecular formula is C23H28BFO4. The first kappa shape index (κ1) is 21.4. The third-order valence-corrected chi connectivity index (χ3v) is 5.54. The van der Waals surface area contributed by atoms with Crippen LogP contribution in [0.1, 0.15) is 39.7 Å². The van der Waals surface area contributed by atoms with Crippen molar-refractivity contribution in [1.29, 1.82) is 0 Å². The molecule has 154 valence electrons. The van der Waals surface area contributed by atoms with Crippen molar-refractivity contribution < 1.29 is 23.2 Å². The highest BCUT2D eigenvalue weighted by atomic mass is 19.1. The molecule has 0 saturated carbocycles. The maximum atomic E-state index is 15.7. The number of halogens is 1. The molecule has 0 unspecified atom stereocenters. The molecule has 0 radical (unpaired) electrons. The molecule has 1 aliphatic heterocycles. The quantitative estimate of drug-likeness (QED) is 0.579. The highest BCUT2D eigenvalue weighted by molar-refractivity contribution is 6.55. The molecule has 1 fully saturated rings. The number of methoxy groups -OCH3 is 1. The number of hydrogen-bond acceptors (Lipinski definition) is 4. The maximum absolute atomic E-state index is 15.7. The molecule has 4 nitrogen and oxygen atoms in total. The van der Waals surface area contributed by atoms with Gasteiger partial charge in [-0.15, -0.1) is 0 Å². The second-order valence-electron chi connectivity index (χ2n) is 8.03. The van der Waals surface area contributed by atoms with E-state index in [4.69, 9.17) is 18.8 Å². The molecule has 0 spiro atoms. The van der Waals surface area contributed by atoms with Crippen LogP contribution in [-0.2, 0) is 9.31 Å². The van der Waals surface area contributed by atoms with Crippen LogP contribution in [0.2, 0.25) is 0 Å². The van der Waals surface area contributed by atoms with Crippen molar-refractivity contribution in [2.75, 3.05) is 13.7 Å². The summed E-state index contributed by atoms with van der Waals surface area (Å²) in [4.78, 5) is 0. The minimum atomic E-state index is -1.07. The fraction of sp³-hybridized carbons (Fsp3) is 0.391. The Morgan fingerprint density at radius 2 is 1.52 bits per heavy atom. The van der Waals surface area contributed by atoms with Gasteiger partial charge in [0, 0.05) is 12.0 Å². The summed E-state index contributed by atoms with van der Waals surface area (Å²) in [6, 6.07) is 16.8. The summed E-state index contributed by atoms with van der Waals surface area (Å²) >= 11 is 0. The molecule has 2 aromatic carbocycles. The van der Waals surface area contributed by atoms with Crippen LogP contribution < -0.4 is 9.47 Å². The predicted octanol–water partition coefficient (Wildman–Crippen LogP) is 5.48. The highest BCUT2D eigenvalue weighted by Gasteiger charge is 2.53. The van der Waals surface area contributed by atoms with E-state index in [1.807, 2.05) is 82.3 Å². The van der Waals surface area contributed by atoms with Crippen LogP contribution in [0, 0.1) is 0 Å². The lowest BCUT2D eigenvalue weighted by molar-refractivity contribution is 0.00578. The first-order chi connectivity index (χ1) is 13.7. The van der Waals surface area contributed by atoms with Gasteiger partial charge in [-0.3, -0.25) is 0 Å². The van der Waals surface area contributed by atoms with Crippen LogP contribution in [0.15, 0.2) is 60.3 Å². The van der Waals surface area contributed by atoms with Gasteiger partial charge in [-0.2, -0.15) is 0 Å². The lowest BCUT2D eigenvalue weighted by Crippen LogP contribution is -2.41. The van der Waals surface area contributed by atoms with Crippen molar-refractivity contribution in [3.8, 4) is 11.5 Å². The van der Waals surface area contributed by atoms with Gasteiger partial charge in [0.05, 0.1) is 24.9 Å². The fourth-order valence-electron chi connectivity index (χ4n) is 3.15. The van der Waals surface area contributed by atoms with Gasteiger partial charge in [-0.25, -0.2) is 4.39 Å². The zero-order valence-corrected chi connectivity index (χ0v) is 17.7. The van der Waals surface area contributed by atoms with E-state index >= 15 is 4.39 Å². The standard InChI is InChI=1S/C23H28BFO4/c1-22(2)23(3,4)29-24(28-22)21(25)19(18-13-9-10-14-20(18)26-5)15-16-27-17-11-7-6-8-12-17/h6-14H,15-16H2,1-5H3. The van der Waals surface area contributed by atoms with E-state index in [0.29, 0.717) is 29.9 Å². The third kappa shape index (κ3) is 4.65. The Balaban J connectivity index is 1.91. The lowest BCUT2D eigenvalue weighted by atomic mass is 9.81. The van der Waals surface area contributed by atoms with Crippen molar-refractivity contribution in [2.24, 2.45) is 0 Å². The summed E-state index contributed by atoms with van der Waals surface area (Å²) in [5.41, 5.74) is -0.580. The first-order valence-electron chi connectivity index (χ1n) is 9.80. The van der Waals surface area contributed by atoms with Gasteiger partial charge < -0.3 is 18.8 Å². The number of ether oxygens (including phenoxy) is 2. The zero-order valence-electron chi connectivity index (χ0n) is 17.7. The molecule has 1 heterocycles. The topological polar surface area (TPSA) is 36.9 Å². The van der Waals surface area contributed by atoms with Gasteiger partial charge in [0.2, 0.25) is 0 Å². The minimum absolute atomic E-state index is 0.310. The van der Waals surface area contributed by atoms with Gasteiger partial charge in [-0.1, -0.05) is 36.4 Å². The van der Waals surface area contributed by atoms with E-state index in [0.717, 1.165) is 5.75 Å². The van der Waals surface area contributed by atoms with Crippen LogP contribution in [0.5, 0.6) is 11.5 Å². The molecular weight excluding hydrogens is 370 g/mol. The fourth-order valence-corrected chi connectivity index (χ4v) is 3.15. The monoisotopic (exact) mass is 398 g/mol. The lowest BCUT2D eigenvalue weighted by Gasteiger charge is -2.32. The number of hydrogen-bond donors (Lipinski definition) is 0. The molecule has 1 aliphatic rings. The summed E-state index contributed by atoms with van der Waals surface area (Å²) < 4.78 is 38.8. The second kappa shape index (κ2) is 8.60. The molecule has 3 rings (SSSR count). The SMILES string of the molecule is COc1ccccc1C(CCOc1ccccc1)=C(F)B1OC(C)(C)C(C)(C)O1. The minimum Gasteiger partial charge on any atom is -0.496 e. The Kier molecular flexibility index (Phi) is 6.34. The van der Waals surface area contributed by atoms with Crippen molar-refractivity contribution >= 4 is 12.7 Å². The summed E-state index contributed by atoms with van der Waals surface area (Å²) in [6.07, 6.45) is 0.338. The Morgan fingerprint density at radius 1 is 0.931 bits per heavy atom. The maximum Gasteiger partial charge on any atom is 0.525 e. The smallest absolute Gasteiger partial charge is 0.496 e. The van der Waals surface area contributed by atoms with Crippen LogP contribution >= 0.6 is 0 Å². The second-order valence-corrected chi connectivity index (χ2v) is 8.03. The van der Waals surface area contributed by atoms with Gasteiger partial charge >= 0.3 is 7.12 Å². The van der Waals surface area contributed by atoms with E-state index in [1.165, 1.54) is 0 Å². The molecule has 0 aliphatic carbocycles. The molecule has 0 bridgehead atoms. The van der Waals surface area contributed by atoms with E-state index in [1.54, 1.807) is 7.11 Å². The van der Waals surface area contributed by atoms with Crippen LogP contribution in [-0.4, -0.2) is 32.0 Å². The predicted molar refractivity (Wildman–Crippen MR) is 114 cm³/mol. The molecule has 0 aromatic heterocycles. The van der Waals surface area contributed by atoms with E-state index in [9.17, 15) is 0 Å². The molecule has 29 heavy (non-hydrogen) atoms. The summed E-state index contributed by atoms with van der Waals surface area (Å²) in [7, 11) is 0.500. The molecule has 0 N–H and O–H groups in total. The molecule has 2 aromatic rings. The van der Waals surface area contributed by atoms with E-state index in [2.05, 4.69) is 0 Å². The summed E-state index contributed by atoms with van der Waals surface area (Å²) in [6.45, 7) is 7.93. The summed E-state index contributed by atoms with van der Waals surface area (Å²) in [5.74, 6) is 1.33. The Hall–Kier alpha value is -2.31. The number of rotatable bonds is 7. The molecule has 1 saturated heterocycles. The van der Waals surface area contributed by atoms with Crippen molar-refractivity contribution in [3.63, 3.8) is 0 Å². The summed E-state index contributed by atoms with van der Waals surface area (Å²) in [5, 5.41) is 0. The van der Waals surface area contributed by atoms with Gasteiger partial charge in [0.15, 0.2) is 0 Å². The van der Waals surface area contributed by atoms with E-state index in [-0.39, 0.29) is 0 Å². The normalized spacial score (nSPS) is 18.3. The largest absolute Gasteiger partial charge is 0.525 e. The Morgan fingerprint density at radius 3 is 2.14 bits per heavy atom. The van der Waals surface area contributed by atoms with Gasteiger partial charge in [0.1, 0.15) is 17.2 Å². The van der Waals surface area contributed by atoms with Crippen LogP contribution in [0.25, 0.3) is 5.57 Å². The Labute approximate surface area is 172 Å². The highest BCUT2D eigenvalue weighted by Crippen LogP contribution is 2.41.